The van der Waals surface area contributed by atoms with Crippen LogP contribution in [0.5, 0.6) is 0 Å². The Kier molecular flexibility index (Phi) is 3.28. The number of hydrogen-bond donors (Lipinski definition) is 0. The second-order valence-electron chi connectivity index (χ2n) is 3.81. The molecule has 0 spiro atoms. The van der Waals surface area contributed by atoms with Gasteiger partial charge in [0.05, 0.1) is 18.6 Å². The number of hydrogen-bond acceptors (Lipinski definition) is 3. The van der Waals surface area contributed by atoms with Crippen LogP contribution in [-0.4, -0.2) is 22.4 Å². The summed E-state index contributed by atoms with van der Waals surface area (Å²) in [7, 11) is 0. The van der Waals surface area contributed by atoms with Crippen molar-refractivity contribution in [3.63, 3.8) is 0 Å². The fourth-order valence-corrected chi connectivity index (χ4v) is 1.19. The molecule has 1 rings (SSSR count). The van der Waals surface area contributed by atoms with E-state index >= 15 is 0 Å². The Hall–Kier alpha value is -1.32. The van der Waals surface area contributed by atoms with Crippen molar-refractivity contribution in [2.24, 2.45) is 5.41 Å². The van der Waals surface area contributed by atoms with Crippen molar-refractivity contribution < 1.29 is 9.53 Å². The summed E-state index contributed by atoms with van der Waals surface area (Å²) in [6.45, 7) is 6.47. The number of ether oxygens (including phenoxy) is 1. The van der Waals surface area contributed by atoms with E-state index in [-0.39, 0.29) is 5.97 Å². The number of nitrogens with zero attached hydrogens (tertiary/aromatic N) is 2. The predicted molar refractivity (Wildman–Crippen MR) is 52.6 cm³/mol. The summed E-state index contributed by atoms with van der Waals surface area (Å²) in [5.41, 5.74) is -0.526. The lowest BCUT2D eigenvalue weighted by Gasteiger charge is -2.21. The minimum absolute atomic E-state index is 0.185. The highest BCUT2D eigenvalue weighted by Gasteiger charge is 2.29. The van der Waals surface area contributed by atoms with Crippen LogP contribution in [0.25, 0.3) is 0 Å². The summed E-state index contributed by atoms with van der Waals surface area (Å²) in [5.74, 6) is -0.185. The Balaban J connectivity index is 2.61. The molecule has 1 aromatic heterocycles. The van der Waals surface area contributed by atoms with Gasteiger partial charge in [-0.1, -0.05) is 0 Å². The van der Waals surface area contributed by atoms with Crippen LogP contribution in [0.3, 0.4) is 0 Å². The average molecular weight is 196 g/mol. The van der Waals surface area contributed by atoms with Gasteiger partial charge in [0, 0.05) is 12.4 Å². The van der Waals surface area contributed by atoms with E-state index in [4.69, 9.17) is 4.74 Å². The van der Waals surface area contributed by atoms with Gasteiger partial charge in [0.25, 0.3) is 0 Å². The molecule has 4 heteroatoms. The minimum atomic E-state index is -0.526. The van der Waals surface area contributed by atoms with Crippen molar-refractivity contribution >= 4 is 5.97 Å². The molecule has 14 heavy (non-hydrogen) atoms. The van der Waals surface area contributed by atoms with Gasteiger partial charge in [-0.2, -0.15) is 5.10 Å². The van der Waals surface area contributed by atoms with Crippen LogP contribution in [0.4, 0.5) is 0 Å². The lowest BCUT2D eigenvalue weighted by molar-refractivity contribution is -0.154. The quantitative estimate of drug-likeness (QED) is 0.685. The van der Waals surface area contributed by atoms with Gasteiger partial charge in [0.1, 0.15) is 0 Å². The molecule has 1 aromatic rings. The molecule has 0 saturated carbocycles. The third kappa shape index (κ3) is 2.58. The topological polar surface area (TPSA) is 44.1 Å². The van der Waals surface area contributed by atoms with Gasteiger partial charge < -0.3 is 4.74 Å². The molecule has 0 amide bonds. The highest BCUT2D eigenvalue weighted by molar-refractivity contribution is 5.75. The maximum atomic E-state index is 11.5. The van der Waals surface area contributed by atoms with Crippen LogP contribution in [0.2, 0.25) is 0 Å². The summed E-state index contributed by atoms with van der Waals surface area (Å²) < 4.78 is 6.71. The van der Waals surface area contributed by atoms with E-state index in [0.717, 1.165) is 0 Å². The van der Waals surface area contributed by atoms with Gasteiger partial charge >= 0.3 is 5.97 Å². The normalized spacial score (nSPS) is 11.4. The van der Waals surface area contributed by atoms with E-state index in [2.05, 4.69) is 5.10 Å². The zero-order valence-corrected chi connectivity index (χ0v) is 8.86. The van der Waals surface area contributed by atoms with Crippen LogP contribution >= 0.6 is 0 Å². The molecule has 0 atom stereocenters. The van der Waals surface area contributed by atoms with Crippen LogP contribution in [0, 0.1) is 5.41 Å². The molecule has 0 unspecified atom stereocenters. The molecule has 0 aliphatic carbocycles. The Morgan fingerprint density at radius 2 is 2.29 bits per heavy atom. The summed E-state index contributed by atoms with van der Waals surface area (Å²) in [6.07, 6.45) is 3.53. The van der Waals surface area contributed by atoms with Gasteiger partial charge in [-0.15, -0.1) is 0 Å². The third-order valence-electron chi connectivity index (χ3n) is 1.94. The molecule has 0 radical (unpaired) electrons. The monoisotopic (exact) mass is 196 g/mol. The molecule has 4 nitrogen and oxygen atoms in total. The number of aromatic nitrogens is 2. The largest absolute Gasteiger partial charge is 0.466 e. The average Bonchev–Trinajstić information content (AvgIpc) is 2.56. The summed E-state index contributed by atoms with van der Waals surface area (Å²) in [6, 6.07) is 1.83. The predicted octanol–water partition coefficient (Wildman–Crippen LogP) is 1.47. The number of carbonyl (C=O) groups is 1. The fourth-order valence-electron chi connectivity index (χ4n) is 1.19. The first-order chi connectivity index (χ1) is 6.56. The molecule has 0 aliphatic rings. The smallest absolute Gasteiger partial charge is 0.313 e. The van der Waals surface area contributed by atoms with Crippen molar-refractivity contribution in [3.05, 3.63) is 18.5 Å². The molecule has 0 aromatic carbocycles. The van der Waals surface area contributed by atoms with Crippen LogP contribution in [0.15, 0.2) is 18.5 Å². The van der Waals surface area contributed by atoms with Crippen molar-refractivity contribution in [2.45, 2.75) is 27.3 Å². The molecule has 1 heterocycles. The molecule has 0 saturated heterocycles. The van der Waals surface area contributed by atoms with E-state index in [9.17, 15) is 4.79 Å². The molecule has 0 aliphatic heterocycles. The van der Waals surface area contributed by atoms with Gasteiger partial charge in [-0.05, 0) is 26.8 Å². The second kappa shape index (κ2) is 4.26. The van der Waals surface area contributed by atoms with E-state index < -0.39 is 5.41 Å². The number of carbonyl (C=O) groups excluding carboxylic acids is 1. The zero-order chi connectivity index (χ0) is 10.6. The molecular weight excluding hydrogens is 180 g/mol. The lowest BCUT2D eigenvalue weighted by Crippen LogP contribution is -2.31. The SMILES string of the molecule is CCOC(=O)C(C)(C)Cn1cccn1. The van der Waals surface area contributed by atoms with E-state index in [1.165, 1.54) is 0 Å². The first kappa shape index (κ1) is 10.8. The fraction of sp³-hybridized carbons (Fsp3) is 0.600. The highest BCUT2D eigenvalue weighted by Crippen LogP contribution is 2.19. The van der Waals surface area contributed by atoms with Crippen molar-refractivity contribution in [3.8, 4) is 0 Å². The van der Waals surface area contributed by atoms with E-state index in [1.54, 1.807) is 10.9 Å². The molecule has 0 N–H and O–H groups in total. The molecule has 0 fully saturated rings. The highest BCUT2D eigenvalue weighted by atomic mass is 16.5. The van der Waals surface area contributed by atoms with Gasteiger partial charge in [-0.3, -0.25) is 9.48 Å². The van der Waals surface area contributed by atoms with Crippen LogP contribution < -0.4 is 0 Å². The lowest BCUT2D eigenvalue weighted by atomic mass is 9.94. The Morgan fingerprint density at radius 3 is 2.79 bits per heavy atom. The standard InChI is InChI=1S/C10H16N2O2/c1-4-14-9(13)10(2,3)8-12-7-5-6-11-12/h5-7H,4,8H2,1-3H3. The van der Waals surface area contributed by atoms with Crippen molar-refractivity contribution in [2.75, 3.05) is 6.61 Å². The van der Waals surface area contributed by atoms with Crippen molar-refractivity contribution in [1.29, 1.82) is 0 Å². The molecular formula is C10H16N2O2. The Bertz CT molecular complexity index is 291. The first-order valence-electron chi connectivity index (χ1n) is 4.71. The first-order valence-corrected chi connectivity index (χ1v) is 4.71. The maximum Gasteiger partial charge on any atom is 0.313 e. The summed E-state index contributed by atoms with van der Waals surface area (Å²) in [4.78, 5) is 11.5. The van der Waals surface area contributed by atoms with Gasteiger partial charge in [0.15, 0.2) is 0 Å². The number of rotatable bonds is 4. The molecule has 78 valence electrons. The molecule has 0 bridgehead atoms. The number of esters is 1. The zero-order valence-electron chi connectivity index (χ0n) is 8.86. The van der Waals surface area contributed by atoms with Crippen molar-refractivity contribution in [1.82, 2.24) is 9.78 Å². The van der Waals surface area contributed by atoms with E-state index in [0.29, 0.717) is 13.2 Å². The van der Waals surface area contributed by atoms with Crippen LogP contribution in [-0.2, 0) is 16.1 Å². The van der Waals surface area contributed by atoms with E-state index in [1.807, 2.05) is 33.0 Å². The van der Waals surface area contributed by atoms with Gasteiger partial charge in [0.2, 0.25) is 0 Å². The van der Waals surface area contributed by atoms with Gasteiger partial charge in [-0.25, -0.2) is 0 Å². The maximum absolute atomic E-state index is 11.5. The second-order valence-corrected chi connectivity index (χ2v) is 3.81. The minimum Gasteiger partial charge on any atom is -0.466 e. The van der Waals surface area contributed by atoms with Crippen LogP contribution in [0.1, 0.15) is 20.8 Å². The summed E-state index contributed by atoms with van der Waals surface area (Å²) >= 11 is 0. The Labute approximate surface area is 83.9 Å². The summed E-state index contributed by atoms with van der Waals surface area (Å²) in [5, 5.41) is 4.05. The Morgan fingerprint density at radius 1 is 1.57 bits per heavy atom. The third-order valence-corrected chi connectivity index (χ3v) is 1.94.